The standard InChI is InChI=1S/C21H18O3/c22-20(23)11-10-14-4-1-7-17-16(14)6-3-8-18(17)19-9-2-5-15-12-13-24-21(15)19/h1-9H,10-13H2,(H,22,23). The molecule has 0 radical (unpaired) electrons. The maximum atomic E-state index is 10.9. The molecule has 3 nitrogen and oxygen atoms in total. The number of para-hydroxylation sites is 1. The largest absolute Gasteiger partial charge is 0.492 e. The number of benzene rings is 3. The lowest BCUT2D eigenvalue weighted by molar-refractivity contribution is -0.136. The number of carboxylic acids is 1. The Hall–Kier alpha value is -2.81. The van der Waals surface area contributed by atoms with Crippen molar-refractivity contribution >= 4 is 16.7 Å². The van der Waals surface area contributed by atoms with Gasteiger partial charge in [0.25, 0.3) is 0 Å². The van der Waals surface area contributed by atoms with Crippen molar-refractivity contribution in [1.29, 1.82) is 0 Å². The lowest BCUT2D eigenvalue weighted by Gasteiger charge is -2.13. The van der Waals surface area contributed by atoms with Crippen LogP contribution in [0.25, 0.3) is 21.9 Å². The predicted octanol–water partition coefficient (Wildman–Crippen LogP) is 4.46. The lowest BCUT2D eigenvalue weighted by Crippen LogP contribution is -1.98. The van der Waals surface area contributed by atoms with Crippen LogP contribution in [0.4, 0.5) is 0 Å². The van der Waals surface area contributed by atoms with Crippen molar-refractivity contribution in [3.05, 3.63) is 65.7 Å². The predicted molar refractivity (Wildman–Crippen MR) is 94.5 cm³/mol. The first-order valence-corrected chi connectivity index (χ1v) is 8.21. The van der Waals surface area contributed by atoms with Gasteiger partial charge in [0.1, 0.15) is 5.75 Å². The van der Waals surface area contributed by atoms with E-state index in [1.165, 1.54) is 5.56 Å². The molecule has 0 aliphatic carbocycles. The summed E-state index contributed by atoms with van der Waals surface area (Å²) in [5.74, 6) is 0.221. The summed E-state index contributed by atoms with van der Waals surface area (Å²) in [5.41, 5.74) is 4.59. The van der Waals surface area contributed by atoms with Crippen LogP contribution in [0.1, 0.15) is 17.5 Å². The molecule has 24 heavy (non-hydrogen) atoms. The maximum absolute atomic E-state index is 10.9. The molecule has 0 unspecified atom stereocenters. The van der Waals surface area contributed by atoms with E-state index in [-0.39, 0.29) is 6.42 Å². The third-order valence-corrected chi connectivity index (χ3v) is 4.63. The molecule has 4 rings (SSSR count). The molecule has 0 bridgehead atoms. The van der Waals surface area contributed by atoms with Crippen LogP contribution in [0, 0.1) is 0 Å². The van der Waals surface area contributed by atoms with Gasteiger partial charge in [-0.15, -0.1) is 0 Å². The molecule has 1 aliphatic rings. The number of hydrogen-bond acceptors (Lipinski definition) is 2. The average molecular weight is 318 g/mol. The second-order valence-electron chi connectivity index (χ2n) is 6.10. The number of fused-ring (bicyclic) bond motifs is 2. The third kappa shape index (κ3) is 2.52. The summed E-state index contributed by atoms with van der Waals surface area (Å²) in [6.45, 7) is 0.737. The molecular weight excluding hydrogens is 300 g/mol. The molecule has 0 saturated heterocycles. The Kier molecular flexibility index (Phi) is 3.69. The van der Waals surface area contributed by atoms with E-state index in [0.717, 1.165) is 46.2 Å². The normalized spacial score (nSPS) is 12.8. The van der Waals surface area contributed by atoms with Crippen LogP contribution in [0.5, 0.6) is 5.75 Å². The fourth-order valence-corrected chi connectivity index (χ4v) is 3.50. The third-order valence-electron chi connectivity index (χ3n) is 4.63. The molecule has 0 spiro atoms. The van der Waals surface area contributed by atoms with Crippen molar-refractivity contribution < 1.29 is 14.6 Å². The molecule has 3 aromatic rings. The van der Waals surface area contributed by atoms with E-state index < -0.39 is 5.97 Å². The van der Waals surface area contributed by atoms with E-state index in [1.807, 2.05) is 18.2 Å². The van der Waals surface area contributed by atoms with Crippen molar-refractivity contribution in [2.24, 2.45) is 0 Å². The van der Waals surface area contributed by atoms with Gasteiger partial charge in [-0.1, -0.05) is 54.6 Å². The van der Waals surface area contributed by atoms with Crippen LogP contribution >= 0.6 is 0 Å². The van der Waals surface area contributed by atoms with Crippen LogP contribution in [-0.4, -0.2) is 17.7 Å². The van der Waals surface area contributed by atoms with Gasteiger partial charge in [0, 0.05) is 18.4 Å². The minimum atomic E-state index is -0.766. The Labute approximate surface area is 140 Å². The van der Waals surface area contributed by atoms with Gasteiger partial charge >= 0.3 is 5.97 Å². The van der Waals surface area contributed by atoms with E-state index in [0.29, 0.717) is 6.42 Å². The minimum absolute atomic E-state index is 0.146. The van der Waals surface area contributed by atoms with E-state index >= 15 is 0 Å². The van der Waals surface area contributed by atoms with Gasteiger partial charge < -0.3 is 9.84 Å². The minimum Gasteiger partial charge on any atom is -0.492 e. The van der Waals surface area contributed by atoms with Crippen LogP contribution in [0.3, 0.4) is 0 Å². The van der Waals surface area contributed by atoms with Crippen LogP contribution in [0.2, 0.25) is 0 Å². The number of aryl methyl sites for hydroxylation is 1. The van der Waals surface area contributed by atoms with E-state index in [2.05, 4.69) is 36.4 Å². The molecule has 0 atom stereocenters. The first-order valence-electron chi connectivity index (χ1n) is 8.21. The maximum Gasteiger partial charge on any atom is 0.303 e. The number of aliphatic carboxylic acids is 1. The second kappa shape index (κ2) is 6.00. The molecule has 1 heterocycles. The zero-order valence-electron chi connectivity index (χ0n) is 13.3. The highest BCUT2D eigenvalue weighted by Gasteiger charge is 2.18. The number of hydrogen-bond donors (Lipinski definition) is 1. The quantitative estimate of drug-likeness (QED) is 0.772. The van der Waals surface area contributed by atoms with Crippen molar-refractivity contribution in [3.63, 3.8) is 0 Å². The summed E-state index contributed by atoms with van der Waals surface area (Å²) < 4.78 is 5.86. The fourth-order valence-electron chi connectivity index (χ4n) is 3.50. The lowest BCUT2D eigenvalue weighted by atomic mass is 9.93. The highest BCUT2D eigenvalue weighted by atomic mass is 16.5. The van der Waals surface area contributed by atoms with Gasteiger partial charge in [0.05, 0.1) is 6.61 Å². The van der Waals surface area contributed by atoms with Crippen LogP contribution in [-0.2, 0) is 17.6 Å². The van der Waals surface area contributed by atoms with Gasteiger partial charge in [-0.25, -0.2) is 0 Å². The highest BCUT2D eigenvalue weighted by molar-refractivity contribution is 6.00. The van der Waals surface area contributed by atoms with E-state index in [4.69, 9.17) is 9.84 Å². The van der Waals surface area contributed by atoms with Crippen LogP contribution < -0.4 is 4.74 Å². The van der Waals surface area contributed by atoms with Crippen molar-refractivity contribution in [2.75, 3.05) is 6.61 Å². The molecule has 0 amide bonds. The average Bonchev–Trinajstić information content (AvgIpc) is 3.08. The summed E-state index contributed by atoms with van der Waals surface area (Å²) in [7, 11) is 0. The summed E-state index contributed by atoms with van der Waals surface area (Å²) in [6, 6.07) is 18.6. The summed E-state index contributed by atoms with van der Waals surface area (Å²) in [6.07, 6.45) is 1.64. The summed E-state index contributed by atoms with van der Waals surface area (Å²) in [4.78, 5) is 10.9. The monoisotopic (exact) mass is 318 g/mol. The fraction of sp³-hybridized carbons (Fsp3) is 0.190. The molecular formula is C21H18O3. The van der Waals surface area contributed by atoms with Gasteiger partial charge in [0.2, 0.25) is 0 Å². The van der Waals surface area contributed by atoms with Gasteiger partial charge in [-0.3, -0.25) is 4.79 Å². The molecule has 0 saturated carbocycles. The van der Waals surface area contributed by atoms with Gasteiger partial charge in [-0.05, 0) is 33.9 Å². The van der Waals surface area contributed by atoms with Crippen molar-refractivity contribution in [3.8, 4) is 16.9 Å². The van der Waals surface area contributed by atoms with Crippen molar-refractivity contribution in [1.82, 2.24) is 0 Å². The molecule has 120 valence electrons. The number of carboxylic acid groups (broad SMARTS) is 1. The number of ether oxygens (including phenoxy) is 1. The molecule has 1 N–H and O–H groups in total. The van der Waals surface area contributed by atoms with E-state index in [9.17, 15) is 4.79 Å². The Morgan fingerprint density at radius 2 is 1.71 bits per heavy atom. The smallest absolute Gasteiger partial charge is 0.303 e. The van der Waals surface area contributed by atoms with E-state index in [1.54, 1.807) is 0 Å². The van der Waals surface area contributed by atoms with Gasteiger partial charge in [-0.2, -0.15) is 0 Å². The molecule has 3 heteroatoms. The molecule has 0 fully saturated rings. The molecule has 3 aromatic carbocycles. The summed E-state index contributed by atoms with van der Waals surface area (Å²) in [5, 5.41) is 11.2. The Bertz CT molecular complexity index is 928. The Morgan fingerprint density at radius 3 is 2.58 bits per heavy atom. The highest BCUT2D eigenvalue weighted by Crippen LogP contribution is 2.40. The van der Waals surface area contributed by atoms with Gasteiger partial charge in [0.15, 0.2) is 0 Å². The SMILES string of the molecule is O=C(O)CCc1cccc2c(-c3cccc4c3OCC4)cccc12. The summed E-state index contributed by atoms with van der Waals surface area (Å²) >= 11 is 0. The first-order chi connectivity index (χ1) is 11.7. The zero-order chi connectivity index (χ0) is 16.5. The van der Waals surface area contributed by atoms with Crippen LogP contribution in [0.15, 0.2) is 54.6 Å². The van der Waals surface area contributed by atoms with Crippen molar-refractivity contribution in [2.45, 2.75) is 19.3 Å². The molecule has 1 aliphatic heterocycles. The number of carbonyl (C=O) groups is 1. The number of rotatable bonds is 4. The molecule has 0 aromatic heterocycles. The first kappa shape index (κ1) is 14.8. The topological polar surface area (TPSA) is 46.5 Å². The Morgan fingerprint density at radius 1 is 0.958 bits per heavy atom. The second-order valence-corrected chi connectivity index (χ2v) is 6.10. The Balaban J connectivity index is 1.87. The zero-order valence-corrected chi connectivity index (χ0v) is 13.3.